The van der Waals surface area contributed by atoms with Crippen molar-refractivity contribution in [2.75, 3.05) is 13.7 Å². The number of ether oxygens (including phenoxy) is 1. The van der Waals surface area contributed by atoms with Crippen molar-refractivity contribution in [1.29, 1.82) is 0 Å². The third-order valence-corrected chi connectivity index (χ3v) is 5.47. The Bertz CT molecular complexity index is 790. The van der Waals surface area contributed by atoms with Gasteiger partial charge in [-0.25, -0.2) is 5.43 Å². The largest absolute Gasteiger partial charge is 0.468 e. The normalized spacial score (nSPS) is 19.5. The molecule has 3 N–H and O–H groups in total. The van der Waals surface area contributed by atoms with E-state index in [4.69, 9.17) is 4.74 Å². The zero-order chi connectivity index (χ0) is 25.1. The van der Waals surface area contributed by atoms with Crippen LogP contribution in [0.5, 0.6) is 0 Å². The summed E-state index contributed by atoms with van der Waals surface area (Å²) >= 11 is 0. The molecule has 9 heteroatoms. The molecule has 0 spiro atoms. The van der Waals surface area contributed by atoms with E-state index in [1.54, 1.807) is 32.1 Å². The molecule has 184 valence electrons. The second-order valence-corrected chi connectivity index (χ2v) is 8.44. The summed E-state index contributed by atoms with van der Waals surface area (Å²) in [6.07, 6.45) is 8.31. The van der Waals surface area contributed by atoms with Gasteiger partial charge >= 0.3 is 5.97 Å². The molecule has 1 saturated heterocycles. The van der Waals surface area contributed by atoms with Gasteiger partial charge in [-0.05, 0) is 38.2 Å². The Morgan fingerprint density at radius 2 is 1.79 bits per heavy atom. The molecule has 1 aliphatic rings. The van der Waals surface area contributed by atoms with E-state index >= 15 is 0 Å². The molecule has 1 fully saturated rings. The van der Waals surface area contributed by atoms with Crippen LogP contribution in [-0.4, -0.2) is 60.5 Å². The fourth-order valence-electron chi connectivity index (χ4n) is 3.30. The van der Waals surface area contributed by atoms with Crippen molar-refractivity contribution in [1.82, 2.24) is 21.1 Å². The number of rotatable bonds is 10. The van der Waals surface area contributed by atoms with Gasteiger partial charge in [-0.1, -0.05) is 51.7 Å². The van der Waals surface area contributed by atoms with Crippen LogP contribution < -0.4 is 16.1 Å². The van der Waals surface area contributed by atoms with Gasteiger partial charge in [0.2, 0.25) is 11.8 Å². The molecule has 0 aromatic rings. The summed E-state index contributed by atoms with van der Waals surface area (Å²) in [5.74, 6) is -2.20. The van der Waals surface area contributed by atoms with Gasteiger partial charge in [0.1, 0.15) is 18.1 Å². The molecule has 1 rings (SSSR count). The van der Waals surface area contributed by atoms with E-state index in [9.17, 15) is 19.2 Å². The van der Waals surface area contributed by atoms with Crippen LogP contribution in [-0.2, 0) is 23.9 Å². The highest BCUT2D eigenvalue weighted by molar-refractivity contribution is 5.92. The van der Waals surface area contributed by atoms with Gasteiger partial charge < -0.3 is 15.4 Å². The number of hydrogen-bond donors (Lipinski definition) is 3. The van der Waals surface area contributed by atoms with Crippen molar-refractivity contribution >= 4 is 23.7 Å². The minimum atomic E-state index is -0.846. The average Bonchev–Trinajstić information content (AvgIpc) is 2.81. The van der Waals surface area contributed by atoms with E-state index in [1.165, 1.54) is 12.1 Å². The average molecular weight is 463 g/mol. The number of allylic oxidation sites excluding steroid dienone is 4. The van der Waals surface area contributed by atoms with Crippen LogP contribution in [0.1, 0.15) is 47.5 Å². The van der Waals surface area contributed by atoms with E-state index in [0.29, 0.717) is 19.4 Å². The lowest BCUT2D eigenvalue weighted by Crippen LogP contribution is -2.61. The summed E-state index contributed by atoms with van der Waals surface area (Å²) < 4.78 is 4.74. The van der Waals surface area contributed by atoms with Gasteiger partial charge in [-0.3, -0.25) is 24.2 Å². The van der Waals surface area contributed by atoms with Crippen molar-refractivity contribution in [3.63, 3.8) is 0 Å². The lowest BCUT2D eigenvalue weighted by atomic mass is 10.0. The summed E-state index contributed by atoms with van der Waals surface area (Å²) in [7, 11) is 1.30. The Morgan fingerprint density at radius 1 is 1.12 bits per heavy atom. The highest BCUT2D eigenvalue weighted by Crippen LogP contribution is 2.11. The Morgan fingerprint density at radius 3 is 2.33 bits per heavy atom. The van der Waals surface area contributed by atoms with E-state index in [0.717, 1.165) is 5.57 Å². The summed E-state index contributed by atoms with van der Waals surface area (Å²) in [6.45, 7) is 13.0. The molecule has 33 heavy (non-hydrogen) atoms. The maximum absolute atomic E-state index is 12.9. The highest BCUT2D eigenvalue weighted by atomic mass is 16.5. The van der Waals surface area contributed by atoms with Crippen LogP contribution in [0, 0.1) is 11.8 Å². The summed E-state index contributed by atoms with van der Waals surface area (Å²) in [4.78, 5) is 50.1. The highest BCUT2D eigenvalue weighted by Gasteiger charge is 2.33. The number of hydrazine groups is 1. The van der Waals surface area contributed by atoms with E-state index in [-0.39, 0.29) is 17.7 Å². The predicted molar refractivity (Wildman–Crippen MR) is 127 cm³/mol. The van der Waals surface area contributed by atoms with Crippen LogP contribution in [0.2, 0.25) is 0 Å². The first-order valence-electron chi connectivity index (χ1n) is 11.3. The lowest BCUT2D eigenvalue weighted by Gasteiger charge is -2.34. The predicted octanol–water partition coefficient (Wildman–Crippen LogP) is 1.63. The van der Waals surface area contributed by atoms with E-state index < -0.39 is 35.9 Å². The number of esters is 1. The molecule has 4 atom stereocenters. The summed E-state index contributed by atoms with van der Waals surface area (Å²) in [5.41, 5.74) is 3.75. The third kappa shape index (κ3) is 8.49. The second kappa shape index (κ2) is 13.6. The number of nitrogens with zero attached hydrogens (tertiary/aromatic N) is 1. The SMILES string of the molecule is C=CC(/C=C/C(C)C(=O)NC(C(=O)NC(C)C(=O)N1CCCC(C(=O)OC)N1)C(C)C)=C\C. The van der Waals surface area contributed by atoms with Crippen molar-refractivity contribution in [3.05, 3.63) is 36.5 Å². The van der Waals surface area contributed by atoms with E-state index in [2.05, 4.69) is 22.6 Å². The zero-order valence-corrected chi connectivity index (χ0v) is 20.5. The van der Waals surface area contributed by atoms with Crippen LogP contribution in [0.25, 0.3) is 0 Å². The number of nitrogens with one attached hydrogen (secondary N) is 3. The first-order valence-corrected chi connectivity index (χ1v) is 11.3. The minimum absolute atomic E-state index is 0.191. The van der Waals surface area contributed by atoms with Crippen LogP contribution in [0.15, 0.2) is 36.5 Å². The maximum Gasteiger partial charge on any atom is 0.324 e. The summed E-state index contributed by atoms with van der Waals surface area (Å²) in [5, 5.41) is 6.81. The molecular weight excluding hydrogens is 424 g/mol. The minimum Gasteiger partial charge on any atom is -0.468 e. The second-order valence-electron chi connectivity index (χ2n) is 8.44. The Balaban J connectivity index is 2.76. The molecule has 4 unspecified atom stereocenters. The molecule has 0 aromatic carbocycles. The molecule has 3 amide bonds. The van der Waals surface area contributed by atoms with Crippen molar-refractivity contribution in [3.8, 4) is 0 Å². The van der Waals surface area contributed by atoms with Crippen LogP contribution in [0.3, 0.4) is 0 Å². The maximum atomic E-state index is 12.9. The molecular formula is C24H38N4O5. The number of hydrogen-bond acceptors (Lipinski definition) is 6. The standard InChI is InChI=1S/C24H38N4O5/c1-8-18(9-2)13-12-16(5)21(29)26-20(15(3)4)22(30)25-17(6)23(31)28-14-10-11-19(27-28)24(32)33-7/h8-9,12-13,15-17,19-20,27H,1,10-11,14H2,2-7H3,(H,25,30)(H,26,29)/b13-12+,18-9+. The lowest BCUT2D eigenvalue weighted by molar-refractivity contribution is -0.150. The first-order chi connectivity index (χ1) is 15.5. The molecule has 1 heterocycles. The van der Waals surface area contributed by atoms with Gasteiger partial charge in [0.05, 0.1) is 13.0 Å². The first kappa shape index (κ1) is 28.1. The Labute approximate surface area is 196 Å². The number of carbonyl (C=O) groups excluding carboxylic acids is 4. The Hall–Kier alpha value is -2.94. The molecule has 0 saturated carbocycles. The van der Waals surface area contributed by atoms with Gasteiger partial charge in [0.25, 0.3) is 5.91 Å². The molecule has 0 radical (unpaired) electrons. The summed E-state index contributed by atoms with van der Waals surface area (Å²) in [6, 6.07) is -2.25. The molecule has 0 aliphatic carbocycles. The van der Waals surface area contributed by atoms with Gasteiger partial charge in [0.15, 0.2) is 0 Å². The van der Waals surface area contributed by atoms with Crippen molar-refractivity contribution < 1.29 is 23.9 Å². The van der Waals surface area contributed by atoms with Crippen molar-refractivity contribution in [2.45, 2.75) is 65.6 Å². The number of methoxy groups -OCH3 is 1. The van der Waals surface area contributed by atoms with Crippen LogP contribution in [0.4, 0.5) is 0 Å². The smallest absolute Gasteiger partial charge is 0.324 e. The third-order valence-electron chi connectivity index (χ3n) is 5.47. The topological polar surface area (TPSA) is 117 Å². The molecule has 0 bridgehead atoms. The van der Waals surface area contributed by atoms with Crippen LogP contribution >= 0.6 is 0 Å². The van der Waals surface area contributed by atoms with E-state index in [1.807, 2.05) is 26.8 Å². The zero-order valence-electron chi connectivity index (χ0n) is 20.5. The number of carbonyl (C=O) groups is 4. The fraction of sp³-hybridized carbons (Fsp3) is 0.583. The van der Waals surface area contributed by atoms with Gasteiger partial charge in [-0.15, -0.1) is 0 Å². The fourth-order valence-corrected chi connectivity index (χ4v) is 3.30. The quantitative estimate of drug-likeness (QED) is 0.336. The van der Waals surface area contributed by atoms with Gasteiger partial charge in [-0.2, -0.15) is 0 Å². The molecule has 9 nitrogen and oxygen atoms in total. The number of amides is 3. The van der Waals surface area contributed by atoms with Crippen molar-refractivity contribution in [2.24, 2.45) is 11.8 Å². The Kier molecular flexibility index (Phi) is 11.6. The monoisotopic (exact) mass is 462 g/mol. The molecule has 1 aliphatic heterocycles. The van der Waals surface area contributed by atoms with Gasteiger partial charge in [0, 0.05) is 6.54 Å². The molecule has 0 aromatic heterocycles.